The number of imide groups is 1. The van der Waals surface area contributed by atoms with E-state index in [1.165, 1.54) is 6.92 Å². The van der Waals surface area contributed by atoms with Crippen LogP contribution >= 0.6 is 0 Å². The standard InChI is InChI=1S/C19H17NO4/c1-13(21)24-17(12-11-14-7-3-2-4-8-14)20-18(22)15-9-5-6-10-16(15)19(20)23/h2-10,17H,11-12H2,1H3. The van der Waals surface area contributed by atoms with Crippen LogP contribution in [0.1, 0.15) is 39.6 Å². The normalized spacial score (nSPS) is 14.5. The molecule has 122 valence electrons. The Balaban J connectivity index is 1.83. The Morgan fingerprint density at radius 2 is 1.50 bits per heavy atom. The van der Waals surface area contributed by atoms with Crippen LogP contribution in [0.2, 0.25) is 0 Å². The zero-order valence-corrected chi connectivity index (χ0v) is 13.3. The Bertz CT molecular complexity index is 750. The van der Waals surface area contributed by atoms with Crippen molar-refractivity contribution in [1.29, 1.82) is 0 Å². The van der Waals surface area contributed by atoms with Gasteiger partial charge in [-0.25, -0.2) is 4.90 Å². The van der Waals surface area contributed by atoms with E-state index in [0.29, 0.717) is 24.0 Å². The van der Waals surface area contributed by atoms with Crippen LogP contribution < -0.4 is 0 Å². The van der Waals surface area contributed by atoms with Crippen LogP contribution in [0.3, 0.4) is 0 Å². The lowest BCUT2D eigenvalue weighted by atomic mass is 10.1. The summed E-state index contributed by atoms with van der Waals surface area (Å²) in [6.07, 6.45) is 0.0384. The van der Waals surface area contributed by atoms with Crippen LogP contribution in [0, 0.1) is 0 Å². The number of nitrogens with zero attached hydrogens (tertiary/aromatic N) is 1. The SMILES string of the molecule is CC(=O)OC(CCc1ccccc1)N1C(=O)c2ccccc2C1=O. The number of carbonyl (C=O) groups is 3. The number of hydrogen-bond acceptors (Lipinski definition) is 4. The minimum Gasteiger partial charge on any atom is -0.441 e. The maximum Gasteiger partial charge on any atom is 0.304 e. The van der Waals surface area contributed by atoms with Gasteiger partial charge in [0.05, 0.1) is 11.1 Å². The third-order valence-corrected chi connectivity index (χ3v) is 3.94. The highest BCUT2D eigenvalue weighted by atomic mass is 16.6. The zero-order valence-electron chi connectivity index (χ0n) is 13.3. The highest BCUT2D eigenvalue weighted by molar-refractivity contribution is 6.21. The minimum absolute atomic E-state index is 0.347. The van der Waals surface area contributed by atoms with Gasteiger partial charge in [-0.3, -0.25) is 14.4 Å². The third kappa shape index (κ3) is 3.06. The van der Waals surface area contributed by atoms with Gasteiger partial charge in [-0.2, -0.15) is 0 Å². The molecule has 1 heterocycles. The minimum atomic E-state index is -0.907. The van der Waals surface area contributed by atoms with Crippen LogP contribution in [-0.4, -0.2) is 28.9 Å². The van der Waals surface area contributed by atoms with E-state index in [9.17, 15) is 14.4 Å². The molecule has 0 aliphatic carbocycles. The molecule has 1 aliphatic heterocycles. The summed E-state index contributed by atoms with van der Waals surface area (Å²) in [6.45, 7) is 1.27. The van der Waals surface area contributed by atoms with E-state index in [0.717, 1.165) is 10.5 Å². The van der Waals surface area contributed by atoms with Gasteiger partial charge >= 0.3 is 5.97 Å². The van der Waals surface area contributed by atoms with Crippen molar-refractivity contribution in [3.8, 4) is 0 Å². The van der Waals surface area contributed by atoms with Crippen molar-refractivity contribution in [3.05, 3.63) is 71.3 Å². The summed E-state index contributed by atoms with van der Waals surface area (Å²) in [5.74, 6) is -1.37. The molecule has 1 aliphatic rings. The molecule has 0 N–H and O–H groups in total. The molecule has 0 saturated heterocycles. The van der Waals surface area contributed by atoms with Gasteiger partial charge in [-0.05, 0) is 24.1 Å². The first-order valence-electron chi connectivity index (χ1n) is 7.76. The first-order valence-corrected chi connectivity index (χ1v) is 7.76. The molecule has 5 heteroatoms. The summed E-state index contributed by atoms with van der Waals surface area (Å²) in [5.41, 5.74) is 1.74. The fourth-order valence-corrected chi connectivity index (χ4v) is 2.84. The molecule has 2 aromatic carbocycles. The van der Waals surface area contributed by atoms with Crippen molar-refractivity contribution in [3.63, 3.8) is 0 Å². The molecule has 3 rings (SSSR count). The van der Waals surface area contributed by atoms with Crippen molar-refractivity contribution < 1.29 is 19.1 Å². The lowest BCUT2D eigenvalue weighted by Crippen LogP contribution is -2.42. The summed E-state index contributed by atoms with van der Waals surface area (Å²) >= 11 is 0. The smallest absolute Gasteiger partial charge is 0.304 e. The first-order chi connectivity index (χ1) is 11.6. The molecule has 2 amide bonds. The van der Waals surface area contributed by atoms with E-state index < -0.39 is 24.0 Å². The van der Waals surface area contributed by atoms with Gasteiger partial charge in [0.15, 0.2) is 6.23 Å². The van der Waals surface area contributed by atoms with Crippen molar-refractivity contribution in [2.24, 2.45) is 0 Å². The predicted octanol–water partition coefficient (Wildman–Crippen LogP) is 2.80. The Labute approximate surface area is 139 Å². The van der Waals surface area contributed by atoms with Crippen LogP contribution in [0.5, 0.6) is 0 Å². The summed E-state index contributed by atoms with van der Waals surface area (Å²) in [5, 5.41) is 0. The van der Waals surface area contributed by atoms with Crippen LogP contribution in [0.25, 0.3) is 0 Å². The lowest BCUT2D eigenvalue weighted by molar-refractivity contribution is -0.152. The number of rotatable bonds is 5. The summed E-state index contributed by atoms with van der Waals surface area (Å²) in [6, 6.07) is 16.3. The van der Waals surface area contributed by atoms with E-state index in [-0.39, 0.29) is 0 Å². The molecule has 1 atom stereocenters. The molecular weight excluding hydrogens is 306 g/mol. The molecule has 0 bridgehead atoms. The van der Waals surface area contributed by atoms with Gasteiger partial charge in [0.1, 0.15) is 0 Å². The fraction of sp³-hybridized carbons (Fsp3) is 0.211. The van der Waals surface area contributed by atoms with Gasteiger partial charge in [0.2, 0.25) is 0 Å². The van der Waals surface area contributed by atoms with E-state index in [1.54, 1.807) is 24.3 Å². The second kappa shape index (κ2) is 6.66. The first kappa shape index (κ1) is 15.9. The lowest BCUT2D eigenvalue weighted by Gasteiger charge is -2.25. The van der Waals surface area contributed by atoms with Crippen molar-refractivity contribution in [1.82, 2.24) is 4.90 Å². The summed E-state index contributed by atoms with van der Waals surface area (Å²) in [7, 11) is 0. The predicted molar refractivity (Wildman–Crippen MR) is 87.3 cm³/mol. The van der Waals surface area contributed by atoms with Crippen LogP contribution in [0.15, 0.2) is 54.6 Å². The molecule has 1 unspecified atom stereocenters. The van der Waals surface area contributed by atoms with Crippen LogP contribution in [0.4, 0.5) is 0 Å². The quantitative estimate of drug-likeness (QED) is 0.627. The highest BCUT2D eigenvalue weighted by Gasteiger charge is 2.40. The fourth-order valence-electron chi connectivity index (χ4n) is 2.84. The second-order valence-electron chi connectivity index (χ2n) is 5.61. The van der Waals surface area contributed by atoms with Gasteiger partial charge in [-0.15, -0.1) is 0 Å². The Hall–Kier alpha value is -2.95. The average Bonchev–Trinajstić information content (AvgIpc) is 2.84. The second-order valence-corrected chi connectivity index (χ2v) is 5.61. The van der Waals surface area contributed by atoms with Gasteiger partial charge in [-0.1, -0.05) is 42.5 Å². The number of esters is 1. The summed E-state index contributed by atoms with van der Waals surface area (Å²) in [4.78, 5) is 37.6. The molecule has 0 spiro atoms. The molecule has 0 saturated carbocycles. The van der Waals surface area contributed by atoms with Gasteiger partial charge in [0, 0.05) is 13.3 Å². The maximum absolute atomic E-state index is 12.6. The largest absolute Gasteiger partial charge is 0.441 e. The van der Waals surface area contributed by atoms with Crippen LogP contribution in [-0.2, 0) is 16.0 Å². The van der Waals surface area contributed by atoms with Crippen molar-refractivity contribution >= 4 is 17.8 Å². The Kier molecular flexibility index (Phi) is 4.42. The molecule has 0 aromatic heterocycles. The number of ether oxygens (including phenoxy) is 1. The highest BCUT2D eigenvalue weighted by Crippen LogP contribution is 2.26. The van der Waals surface area contributed by atoms with E-state index in [1.807, 2.05) is 30.3 Å². The molecule has 0 fully saturated rings. The molecule has 0 radical (unpaired) electrons. The molecule has 24 heavy (non-hydrogen) atoms. The zero-order chi connectivity index (χ0) is 17.1. The maximum atomic E-state index is 12.6. The number of carbonyl (C=O) groups excluding carboxylic acids is 3. The molecular formula is C19H17NO4. The van der Waals surface area contributed by atoms with Crippen molar-refractivity contribution in [2.75, 3.05) is 0 Å². The number of benzene rings is 2. The van der Waals surface area contributed by atoms with Gasteiger partial charge < -0.3 is 4.74 Å². The number of hydrogen-bond donors (Lipinski definition) is 0. The van der Waals surface area contributed by atoms with E-state index in [2.05, 4.69) is 0 Å². The molecule has 2 aromatic rings. The Morgan fingerprint density at radius 1 is 0.958 bits per heavy atom. The average molecular weight is 323 g/mol. The van der Waals surface area contributed by atoms with E-state index >= 15 is 0 Å². The third-order valence-electron chi connectivity index (χ3n) is 3.94. The number of aryl methyl sites for hydroxylation is 1. The summed E-state index contributed by atoms with van der Waals surface area (Å²) < 4.78 is 5.27. The monoisotopic (exact) mass is 323 g/mol. The number of amides is 2. The topological polar surface area (TPSA) is 63.7 Å². The Morgan fingerprint density at radius 3 is 2.04 bits per heavy atom. The number of fused-ring (bicyclic) bond motifs is 1. The molecule has 5 nitrogen and oxygen atoms in total. The van der Waals surface area contributed by atoms with Crippen molar-refractivity contribution in [2.45, 2.75) is 26.0 Å². The van der Waals surface area contributed by atoms with Gasteiger partial charge in [0.25, 0.3) is 11.8 Å². The van der Waals surface area contributed by atoms with E-state index in [4.69, 9.17) is 4.74 Å².